The summed E-state index contributed by atoms with van der Waals surface area (Å²) in [4.78, 5) is 29.2. The molecule has 0 bridgehead atoms. The number of anilines is 2. The minimum atomic E-state index is 0.177. The highest BCUT2D eigenvalue weighted by Gasteiger charge is 2.28. The van der Waals surface area contributed by atoms with Crippen LogP contribution in [0.2, 0.25) is 0 Å². The lowest BCUT2D eigenvalue weighted by Crippen LogP contribution is -2.30. The molecule has 6 nitrogen and oxygen atoms in total. The number of thiazole rings is 1. The summed E-state index contributed by atoms with van der Waals surface area (Å²) in [6.45, 7) is 5.40. The van der Waals surface area contributed by atoms with Crippen molar-refractivity contribution in [2.24, 2.45) is 0 Å². The van der Waals surface area contributed by atoms with Gasteiger partial charge < -0.3 is 10.2 Å². The first kappa shape index (κ1) is 18.6. The summed E-state index contributed by atoms with van der Waals surface area (Å²) in [6.07, 6.45) is 3.22. The molecule has 1 fully saturated rings. The van der Waals surface area contributed by atoms with Gasteiger partial charge in [0.15, 0.2) is 5.13 Å². The molecule has 28 heavy (non-hydrogen) atoms. The Kier molecular flexibility index (Phi) is 5.34. The van der Waals surface area contributed by atoms with Crippen LogP contribution >= 0.6 is 11.3 Å². The zero-order valence-electron chi connectivity index (χ0n) is 16.1. The van der Waals surface area contributed by atoms with Crippen LogP contribution in [-0.2, 0) is 11.2 Å². The van der Waals surface area contributed by atoms with Gasteiger partial charge in [-0.15, -0.1) is 11.3 Å². The predicted molar refractivity (Wildman–Crippen MR) is 111 cm³/mol. The number of amides is 1. The number of aryl methyl sites for hydroxylation is 2. The largest absolute Gasteiger partial charge is 0.342 e. The number of carbonyl (C=O) groups excluding carboxylic acids is 1. The SMILES string of the molecule is Cc1nc(Nc2ncc(C)s2)cc(C2CCN(C(=O)Cc3ccccc3)C2)n1. The fraction of sp³-hybridized carbons (Fsp3) is 0.333. The van der Waals surface area contributed by atoms with Gasteiger partial charge in [-0.2, -0.15) is 0 Å². The molecule has 1 amide bonds. The van der Waals surface area contributed by atoms with Crippen LogP contribution in [0.1, 0.15) is 34.3 Å². The highest BCUT2D eigenvalue weighted by molar-refractivity contribution is 7.15. The van der Waals surface area contributed by atoms with E-state index in [1.807, 2.05) is 61.3 Å². The fourth-order valence-corrected chi connectivity index (χ4v) is 4.17. The predicted octanol–water partition coefficient (Wildman–Crippen LogP) is 3.85. The molecular weight excluding hydrogens is 370 g/mol. The molecule has 0 aliphatic carbocycles. The second-order valence-electron chi connectivity index (χ2n) is 7.11. The summed E-state index contributed by atoms with van der Waals surface area (Å²) in [5.41, 5.74) is 2.04. The number of hydrogen-bond acceptors (Lipinski definition) is 6. The van der Waals surface area contributed by atoms with Gasteiger partial charge in [-0.05, 0) is 25.8 Å². The van der Waals surface area contributed by atoms with Crippen LogP contribution < -0.4 is 5.32 Å². The average molecular weight is 394 g/mol. The number of carbonyl (C=O) groups is 1. The van der Waals surface area contributed by atoms with Crippen LogP contribution in [0.5, 0.6) is 0 Å². The monoisotopic (exact) mass is 393 g/mol. The Morgan fingerprint density at radius 3 is 2.82 bits per heavy atom. The average Bonchev–Trinajstić information content (AvgIpc) is 3.31. The van der Waals surface area contributed by atoms with E-state index in [4.69, 9.17) is 0 Å². The maximum Gasteiger partial charge on any atom is 0.227 e. The van der Waals surface area contributed by atoms with Crippen molar-refractivity contribution in [1.29, 1.82) is 0 Å². The highest BCUT2D eigenvalue weighted by Crippen LogP contribution is 2.29. The van der Waals surface area contributed by atoms with E-state index < -0.39 is 0 Å². The number of aromatic nitrogens is 3. The smallest absolute Gasteiger partial charge is 0.227 e. The van der Waals surface area contributed by atoms with Crippen molar-refractivity contribution in [3.63, 3.8) is 0 Å². The summed E-state index contributed by atoms with van der Waals surface area (Å²) in [6, 6.07) is 11.9. The summed E-state index contributed by atoms with van der Waals surface area (Å²) in [5, 5.41) is 4.10. The maximum atomic E-state index is 12.6. The Hall–Kier alpha value is -2.80. The van der Waals surface area contributed by atoms with Crippen molar-refractivity contribution in [3.8, 4) is 0 Å². The molecule has 1 N–H and O–H groups in total. The van der Waals surface area contributed by atoms with Crippen molar-refractivity contribution in [1.82, 2.24) is 19.9 Å². The van der Waals surface area contributed by atoms with Gasteiger partial charge in [-0.3, -0.25) is 4.79 Å². The van der Waals surface area contributed by atoms with Gasteiger partial charge in [-0.1, -0.05) is 30.3 Å². The van der Waals surface area contributed by atoms with Gasteiger partial charge in [0.25, 0.3) is 0 Å². The zero-order valence-corrected chi connectivity index (χ0v) is 16.9. The minimum Gasteiger partial charge on any atom is -0.342 e. The van der Waals surface area contributed by atoms with Crippen molar-refractivity contribution in [2.45, 2.75) is 32.6 Å². The van der Waals surface area contributed by atoms with Crippen LogP contribution in [0.3, 0.4) is 0 Å². The molecule has 1 saturated heterocycles. The third kappa shape index (κ3) is 4.36. The van der Waals surface area contributed by atoms with E-state index in [0.29, 0.717) is 13.0 Å². The van der Waals surface area contributed by atoms with Crippen LogP contribution in [0.25, 0.3) is 0 Å². The number of nitrogens with zero attached hydrogens (tertiary/aromatic N) is 4. The quantitative estimate of drug-likeness (QED) is 0.713. The van der Waals surface area contributed by atoms with E-state index in [-0.39, 0.29) is 11.8 Å². The Morgan fingerprint density at radius 1 is 1.25 bits per heavy atom. The number of nitrogens with one attached hydrogen (secondary N) is 1. The molecule has 1 unspecified atom stereocenters. The fourth-order valence-electron chi connectivity index (χ4n) is 3.50. The van der Waals surface area contributed by atoms with E-state index in [1.165, 1.54) is 0 Å². The molecule has 3 aromatic rings. The Morgan fingerprint density at radius 2 is 2.07 bits per heavy atom. The van der Waals surface area contributed by atoms with Gasteiger partial charge >= 0.3 is 0 Å². The van der Waals surface area contributed by atoms with Gasteiger partial charge in [-0.25, -0.2) is 15.0 Å². The lowest BCUT2D eigenvalue weighted by atomic mass is 10.0. The van der Waals surface area contributed by atoms with E-state index in [9.17, 15) is 4.79 Å². The molecule has 7 heteroatoms. The number of likely N-dealkylation sites (tertiary alicyclic amines) is 1. The Bertz CT molecular complexity index is 972. The number of benzene rings is 1. The minimum absolute atomic E-state index is 0.177. The van der Waals surface area contributed by atoms with Crippen molar-refractivity contribution >= 4 is 28.2 Å². The van der Waals surface area contributed by atoms with E-state index in [1.54, 1.807) is 11.3 Å². The first-order chi connectivity index (χ1) is 13.6. The summed E-state index contributed by atoms with van der Waals surface area (Å²) in [5.74, 6) is 1.89. The first-order valence-corrected chi connectivity index (χ1v) is 10.3. The molecule has 3 heterocycles. The second kappa shape index (κ2) is 8.06. The normalized spacial score (nSPS) is 16.4. The van der Waals surface area contributed by atoms with Gasteiger partial charge in [0.1, 0.15) is 11.6 Å². The summed E-state index contributed by atoms with van der Waals surface area (Å²) in [7, 11) is 0. The topological polar surface area (TPSA) is 71.0 Å². The lowest BCUT2D eigenvalue weighted by molar-refractivity contribution is -0.129. The molecule has 0 radical (unpaired) electrons. The molecule has 2 aromatic heterocycles. The molecule has 4 rings (SSSR count). The van der Waals surface area contributed by atoms with Crippen LogP contribution in [0.15, 0.2) is 42.6 Å². The first-order valence-electron chi connectivity index (χ1n) is 9.43. The lowest BCUT2D eigenvalue weighted by Gasteiger charge is -2.17. The Balaban J connectivity index is 1.44. The summed E-state index contributed by atoms with van der Waals surface area (Å²) < 4.78 is 0. The maximum absolute atomic E-state index is 12.6. The van der Waals surface area contributed by atoms with Gasteiger partial charge in [0, 0.05) is 36.1 Å². The molecule has 0 spiro atoms. The van der Waals surface area contributed by atoms with Crippen LogP contribution in [0, 0.1) is 13.8 Å². The van der Waals surface area contributed by atoms with E-state index >= 15 is 0 Å². The molecule has 1 aliphatic rings. The Labute approximate surface area is 168 Å². The standard InChI is InChI=1S/C21H23N5OS/c1-14-12-22-21(28-14)25-19-11-18(23-15(2)24-19)17-8-9-26(13-17)20(27)10-16-6-4-3-5-7-16/h3-7,11-12,17H,8-10,13H2,1-2H3,(H,22,23,24,25). The van der Waals surface area contributed by atoms with Gasteiger partial charge in [0.2, 0.25) is 5.91 Å². The van der Waals surface area contributed by atoms with Crippen LogP contribution in [-0.4, -0.2) is 38.8 Å². The zero-order chi connectivity index (χ0) is 19.5. The molecule has 1 aliphatic heterocycles. The van der Waals surface area contributed by atoms with E-state index in [2.05, 4.69) is 20.3 Å². The van der Waals surface area contributed by atoms with Crippen LogP contribution in [0.4, 0.5) is 10.9 Å². The number of rotatable bonds is 5. The highest BCUT2D eigenvalue weighted by atomic mass is 32.1. The van der Waals surface area contributed by atoms with Crippen molar-refractivity contribution in [2.75, 3.05) is 18.4 Å². The van der Waals surface area contributed by atoms with Crippen molar-refractivity contribution < 1.29 is 4.79 Å². The second-order valence-corrected chi connectivity index (χ2v) is 8.35. The van der Waals surface area contributed by atoms with E-state index in [0.717, 1.165) is 45.9 Å². The van der Waals surface area contributed by atoms with Gasteiger partial charge in [0.05, 0.1) is 12.1 Å². The third-order valence-electron chi connectivity index (χ3n) is 4.87. The molecule has 144 valence electrons. The molecule has 1 atom stereocenters. The van der Waals surface area contributed by atoms with Crippen molar-refractivity contribution in [3.05, 3.63) is 64.6 Å². The molecule has 1 aromatic carbocycles. The summed E-state index contributed by atoms with van der Waals surface area (Å²) >= 11 is 1.60. The third-order valence-corrected chi connectivity index (χ3v) is 5.70. The molecular formula is C21H23N5OS. The number of hydrogen-bond donors (Lipinski definition) is 1. The molecule has 0 saturated carbocycles.